The molecule has 0 unspecified atom stereocenters. The normalized spacial score (nSPS) is 10.8. The summed E-state index contributed by atoms with van der Waals surface area (Å²) in [5.41, 5.74) is 5.89. The van der Waals surface area contributed by atoms with E-state index in [1.54, 1.807) is 18.2 Å². The zero-order chi connectivity index (χ0) is 15.4. The molecule has 0 aliphatic carbocycles. The van der Waals surface area contributed by atoms with Crippen molar-refractivity contribution in [3.63, 3.8) is 0 Å². The molecule has 2 rings (SSSR count). The average Bonchev–Trinajstić information content (AvgIpc) is 2.84. The van der Waals surface area contributed by atoms with Crippen molar-refractivity contribution in [3.8, 4) is 11.3 Å². The first-order valence-electron chi connectivity index (χ1n) is 5.79. The van der Waals surface area contributed by atoms with Crippen molar-refractivity contribution in [2.75, 3.05) is 0 Å². The first-order chi connectivity index (χ1) is 9.95. The van der Waals surface area contributed by atoms with Crippen LogP contribution in [0.15, 0.2) is 45.3 Å². The molecule has 0 saturated carbocycles. The van der Waals surface area contributed by atoms with Crippen molar-refractivity contribution in [2.24, 2.45) is 5.73 Å². The number of halogens is 2. The van der Waals surface area contributed by atoms with E-state index in [2.05, 4.69) is 33.5 Å². The summed E-state index contributed by atoms with van der Waals surface area (Å²) >= 11 is 7.82. The number of nitrogens with two attached hydrogens (primary N) is 1. The predicted molar refractivity (Wildman–Crippen MR) is 85.8 cm³/mol. The monoisotopic (exact) mass is 368 g/mol. The Morgan fingerprint density at radius 2 is 2.14 bits per heavy atom. The highest BCUT2D eigenvalue weighted by atomic mass is 79.9. The minimum atomic E-state index is -0.441. The number of carbonyl (C=O) groups excluding carboxylic acids is 1. The van der Waals surface area contributed by atoms with Crippen LogP contribution >= 0.6 is 28.1 Å². The van der Waals surface area contributed by atoms with Gasteiger partial charge < -0.3 is 10.2 Å². The fourth-order valence-corrected chi connectivity index (χ4v) is 2.24. The summed E-state index contributed by atoms with van der Waals surface area (Å²) in [6.45, 7) is 0. The molecular formula is C14H10BrFN2O2S. The highest BCUT2D eigenvalue weighted by Gasteiger charge is 2.08. The molecule has 7 heteroatoms. The topological polar surface area (TPSA) is 68.3 Å². The van der Waals surface area contributed by atoms with Crippen LogP contribution < -0.4 is 11.1 Å². The third-order valence-corrected chi connectivity index (χ3v) is 3.23. The molecule has 3 N–H and O–H groups in total. The van der Waals surface area contributed by atoms with E-state index in [0.29, 0.717) is 21.6 Å². The molecule has 0 bridgehead atoms. The number of benzene rings is 1. The zero-order valence-corrected chi connectivity index (χ0v) is 13.0. The van der Waals surface area contributed by atoms with Gasteiger partial charge in [0.25, 0.3) is 0 Å². The molecule has 4 nitrogen and oxygen atoms in total. The molecule has 108 valence electrons. The SMILES string of the molecule is NC(=S)NC(=O)/C=C/c1ccc(-c2ccc(F)cc2Br)o1. The number of thiocarbonyl (C=S) groups is 1. The number of nitrogens with one attached hydrogen (secondary N) is 1. The Bertz CT molecular complexity index is 728. The summed E-state index contributed by atoms with van der Waals surface area (Å²) in [4.78, 5) is 11.3. The molecule has 0 fully saturated rings. The molecule has 0 saturated heterocycles. The van der Waals surface area contributed by atoms with Crippen LogP contribution in [-0.2, 0) is 4.79 Å². The number of amides is 1. The van der Waals surface area contributed by atoms with E-state index in [4.69, 9.17) is 10.2 Å². The van der Waals surface area contributed by atoms with Gasteiger partial charge in [0.1, 0.15) is 17.3 Å². The summed E-state index contributed by atoms with van der Waals surface area (Å²) in [6.07, 6.45) is 2.73. The van der Waals surface area contributed by atoms with E-state index < -0.39 is 5.91 Å². The van der Waals surface area contributed by atoms with E-state index in [1.165, 1.54) is 24.3 Å². The number of carbonyl (C=O) groups is 1. The largest absolute Gasteiger partial charge is 0.457 e. The van der Waals surface area contributed by atoms with E-state index in [-0.39, 0.29) is 10.9 Å². The molecule has 0 radical (unpaired) electrons. The van der Waals surface area contributed by atoms with Crippen LogP contribution in [0.1, 0.15) is 5.76 Å². The quantitative estimate of drug-likeness (QED) is 0.644. The molecular weight excluding hydrogens is 359 g/mol. The summed E-state index contributed by atoms with van der Waals surface area (Å²) < 4.78 is 19.2. The van der Waals surface area contributed by atoms with Crippen LogP contribution in [0.3, 0.4) is 0 Å². The molecule has 1 amide bonds. The van der Waals surface area contributed by atoms with E-state index in [9.17, 15) is 9.18 Å². The zero-order valence-electron chi connectivity index (χ0n) is 10.6. The molecule has 0 aliphatic heterocycles. The first-order valence-corrected chi connectivity index (χ1v) is 6.99. The van der Waals surface area contributed by atoms with Gasteiger partial charge in [-0.1, -0.05) is 0 Å². The van der Waals surface area contributed by atoms with Crippen molar-refractivity contribution < 1.29 is 13.6 Å². The van der Waals surface area contributed by atoms with Crippen molar-refractivity contribution in [2.45, 2.75) is 0 Å². The van der Waals surface area contributed by atoms with Crippen LogP contribution in [-0.4, -0.2) is 11.0 Å². The smallest absolute Gasteiger partial charge is 0.250 e. The van der Waals surface area contributed by atoms with E-state index in [1.807, 2.05) is 0 Å². The Morgan fingerprint density at radius 3 is 2.81 bits per heavy atom. The maximum Gasteiger partial charge on any atom is 0.250 e. The number of hydrogen-bond donors (Lipinski definition) is 2. The summed E-state index contributed by atoms with van der Waals surface area (Å²) in [6, 6.07) is 7.71. The lowest BCUT2D eigenvalue weighted by Crippen LogP contribution is -2.33. The molecule has 0 aliphatic rings. The van der Waals surface area contributed by atoms with Gasteiger partial charge in [0.15, 0.2) is 5.11 Å². The summed E-state index contributed by atoms with van der Waals surface area (Å²) in [5, 5.41) is 2.16. The Kier molecular flexibility index (Phi) is 4.87. The van der Waals surface area contributed by atoms with Gasteiger partial charge in [-0.15, -0.1) is 0 Å². The highest BCUT2D eigenvalue weighted by Crippen LogP contribution is 2.30. The molecule has 0 atom stereocenters. The Morgan fingerprint density at radius 1 is 1.38 bits per heavy atom. The van der Waals surface area contributed by atoms with Crippen LogP contribution in [0.4, 0.5) is 4.39 Å². The van der Waals surface area contributed by atoms with Crippen LogP contribution in [0, 0.1) is 5.82 Å². The lowest BCUT2D eigenvalue weighted by molar-refractivity contribution is -0.115. The number of furan rings is 1. The standard InChI is InChI=1S/C14H10BrFN2O2S/c15-11-7-8(16)1-4-10(11)12-5-2-9(20-12)3-6-13(19)18-14(17)21/h1-7H,(H3,17,18,19,21)/b6-3+. The lowest BCUT2D eigenvalue weighted by atomic mass is 10.2. The van der Waals surface area contributed by atoms with Crippen LogP contribution in [0.5, 0.6) is 0 Å². The number of rotatable bonds is 3. The molecule has 1 aromatic heterocycles. The van der Waals surface area contributed by atoms with Gasteiger partial charge in [-0.3, -0.25) is 10.1 Å². The molecule has 2 aromatic rings. The van der Waals surface area contributed by atoms with Gasteiger partial charge in [0.2, 0.25) is 5.91 Å². The number of hydrogen-bond acceptors (Lipinski definition) is 3. The second-order valence-electron chi connectivity index (χ2n) is 4.01. The fourth-order valence-electron chi connectivity index (χ4n) is 1.60. The fraction of sp³-hybridized carbons (Fsp3) is 0. The maximum atomic E-state index is 13.0. The second-order valence-corrected chi connectivity index (χ2v) is 5.31. The molecule has 21 heavy (non-hydrogen) atoms. The van der Waals surface area contributed by atoms with Crippen molar-refractivity contribution in [1.82, 2.24) is 5.32 Å². The van der Waals surface area contributed by atoms with Crippen molar-refractivity contribution >= 4 is 45.2 Å². The van der Waals surface area contributed by atoms with Crippen LogP contribution in [0.25, 0.3) is 17.4 Å². The van der Waals surface area contributed by atoms with Crippen LogP contribution in [0.2, 0.25) is 0 Å². The second kappa shape index (κ2) is 6.64. The van der Waals surface area contributed by atoms with Gasteiger partial charge in [0.05, 0.1) is 0 Å². The van der Waals surface area contributed by atoms with E-state index >= 15 is 0 Å². The minimum Gasteiger partial charge on any atom is -0.457 e. The summed E-state index contributed by atoms with van der Waals surface area (Å²) in [5.74, 6) is 0.241. The van der Waals surface area contributed by atoms with Crippen molar-refractivity contribution in [3.05, 3.63) is 52.5 Å². The summed E-state index contributed by atoms with van der Waals surface area (Å²) in [7, 11) is 0. The first kappa shape index (κ1) is 15.4. The minimum absolute atomic E-state index is 0.0972. The lowest BCUT2D eigenvalue weighted by Gasteiger charge is -2.00. The third-order valence-electron chi connectivity index (χ3n) is 2.47. The van der Waals surface area contributed by atoms with Gasteiger partial charge in [0, 0.05) is 16.1 Å². The third kappa shape index (κ3) is 4.24. The Balaban J connectivity index is 2.16. The molecule has 0 spiro atoms. The Labute approximate surface area is 133 Å². The van der Waals surface area contributed by atoms with Gasteiger partial charge >= 0.3 is 0 Å². The van der Waals surface area contributed by atoms with Crippen molar-refractivity contribution in [1.29, 1.82) is 0 Å². The highest BCUT2D eigenvalue weighted by molar-refractivity contribution is 9.10. The van der Waals surface area contributed by atoms with Gasteiger partial charge in [-0.25, -0.2) is 4.39 Å². The Hall–Kier alpha value is -1.99. The molecule has 1 heterocycles. The van der Waals surface area contributed by atoms with Gasteiger partial charge in [-0.2, -0.15) is 0 Å². The van der Waals surface area contributed by atoms with E-state index in [0.717, 1.165) is 0 Å². The predicted octanol–water partition coefficient (Wildman–Crippen LogP) is 3.22. The average molecular weight is 369 g/mol. The molecule has 1 aromatic carbocycles. The van der Waals surface area contributed by atoms with Gasteiger partial charge in [-0.05, 0) is 64.6 Å². The maximum absolute atomic E-state index is 13.0.